The maximum absolute atomic E-state index is 5.80. The van der Waals surface area contributed by atoms with Gasteiger partial charge < -0.3 is 10.1 Å². The number of aromatic nitrogens is 1. The van der Waals surface area contributed by atoms with Gasteiger partial charge >= 0.3 is 0 Å². The average Bonchev–Trinajstić information content (AvgIpc) is 2.35. The molecule has 3 nitrogen and oxygen atoms in total. The van der Waals surface area contributed by atoms with Gasteiger partial charge in [-0.3, -0.25) is 0 Å². The molecule has 0 saturated carbocycles. The second kappa shape index (κ2) is 5.54. The third-order valence-electron chi connectivity index (χ3n) is 2.68. The number of hydrogen-bond donors (Lipinski definition) is 1. The van der Waals surface area contributed by atoms with Gasteiger partial charge in [0.1, 0.15) is 18.2 Å². The zero-order valence-corrected chi connectivity index (χ0v) is 11.0. The summed E-state index contributed by atoms with van der Waals surface area (Å²) in [6.45, 7) is 4.71. The van der Waals surface area contributed by atoms with E-state index in [0.717, 1.165) is 17.1 Å². The molecule has 1 aromatic heterocycles. The Morgan fingerprint density at radius 1 is 1.11 bits per heavy atom. The fourth-order valence-corrected chi connectivity index (χ4v) is 1.88. The van der Waals surface area contributed by atoms with E-state index < -0.39 is 0 Å². The lowest BCUT2D eigenvalue weighted by atomic mass is 10.1. The first-order valence-electron chi connectivity index (χ1n) is 6.01. The first-order chi connectivity index (χ1) is 8.67. The second-order valence-corrected chi connectivity index (χ2v) is 4.41. The molecule has 3 heteroatoms. The van der Waals surface area contributed by atoms with Crippen LogP contribution < -0.4 is 10.1 Å². The van der Waals surface area contributed by atoms with Gasteiger partial charge in [-0.25, -0.2) is 4.98 Å². The Labute approximate surface area is 108 Å². The van der Waals surface area contributed by atoms with Gasteiger partial charge in [-0.05, 0) is 54.8 Å². The number of aryl methyl sites for hydroxylation is 2. The molecule has 2 rings (SSSR count). The van der Waals surface area contributed by atoms with Gasteiger partial charge in [-0.1, -0.05) is 6.07 Å². The van der Waals surface area contributed by atoms with Crippen molar-refractivity contribution in [3.8, 4) is 5.75 Å². The standard InChI is InChI=1S/C15H18N2O/c1-11-6-12(2)8-14(7-11)18-10-13-4-5-17-15(9-13)16-3/h4-9H,10H2,1-3H3,(H,16,17). The molecule has 1 aromatic carbocycles. The van der Waals surface area contributed by atoms with Crippen LogP contribution in [0.3, 0.4) is 0 Å². The first kappa shape index (κ1) is 12.4. The van der Waals surface area contributed by atoms with E-state index in [9.17, 15) is 0 Å². The summed E-state index contributed by atoms with van der Waals surface area (Å²) in [5.74, 6) is 1.77. The molecule has 0 saturated heterocycles. The maximum Gasteiger partial charge on any atom is 0.126 e. The van der Waals surface area contributed by atoms with E-state index in [2.05, 4.69) is 30.2 Å². The third-order valence-corrected chi connectivity index (χ3v) is 2.68. The van der Waals surface area contributed by atoms with Crippen LogP contribution >= 0.6 is 0 Å². The fraction of sp³-hybridized carbons (Fsp3) is 0.267. The Morgan fingerprint density at radius 3 is 2.50 bits per heavy atom. The molecule has 2 aromatic rings. The van der Waals surface area contributed by atoms with Crippen molar-refractivity contribution in [2.45, 2.75) is 20.5 Å². The second-order valence-electron chi connectivity index (χ2n) is 4.41. The minimum Gasteiger partial charge on any atom is -0.489 e. The quantitative estimate of drug-likeness (QED) is 0.893. The van der Waals surface area contributed by atoms with Crippen LogP contribution in [0.25, 0.3) is 0 Å². The lowest BCUT2D eigenvalue weighted by Gasteiger charge is -2.09. The van der Waals surface area contributed by atoms with Crippen LogP contribution in [-0.2, 0) is 6.61 Å². The summed E-state index contributed by atoms with van der Waals surface area (Å²) in [5.41, 5.74) is 3.54. The van der Waals surface area contributed by atoms with Crippen molar-refractivity contribution < 1.29 is 4.74 Å². The van der Waals surface area contributed by atoms with Crippen LogP contribution in [0, 0.1) is 13.8 Å². The maximum atomic E-state index is 5.80. The van der Waals surface area contributed by atoms with Gasteiger partial charge in [0.2, 0.25) is 0 Å². The third kappa shape index (κ3) is 3.23. The molecule has 0 spiro atoms. The Bertz CT molecular complexity index is 518. The van der Waals surface area contributed by atoms with Crippen LogP contribution in [0.2, 0.25) is 0 Å². The van der Waals surface area contributed by atoms with Gasteiger partial charge in [0.25, 0.3) is 0 Å². The van der Waals surface area contributed by atoms with E-state index in [1.54, 1.807) is 6.20 Å². The predicted molar refractivity (Wildman–Crippen MR) is 74.0 cm³/mol. The molecule has 0 amide bonds. The Hall–Kier alpha value is -2.03. The summed E-state index contributed by atoms with van der Waals surface area (Å²) < 4.78 is 5.80. The van der Waals surface area contributed by atoms with Crippen LogP contribution in [0.1, 0.15) is 16.7 Å². The summed E-state index contributed by atoms with van der Waals surface area (Å²) in [7, 11) is 1.86. The molecule has 94 valence electrons. The van der Waals surface area contributed by atoms with Crippen molar-refractivity contribution in [3.05, 3.63) is 53.2 Å². The van der Waals surface area contributed by atoms with Crippen LogP contribution in [0.5, 0.6) is 5.75 Å². The van der Waals surface area contributed by atoms with E-state index in [-0.39, 0.29) is 0 Å². The van der Waals surface area contributed by atoms with E-state index in [1.165, 1.54) is 11.1 Å². The number of rotatable bonds is 4. The van der Waals surface area contributed by atoms with Crippen LogP contribution in [0.4, 0.5) is 5.82 Å². The van der Waals surface area contributed by atoms with Crippen LogP contribution in [-0.4, -0.2) is 12.0 Å². The molecule has 0 radical (unpaired) electrons. The highest BCUT2D eigenvalue weighted by molar-refractivity contribution is 5.37. The molecule has 1 heterocycles. The van der Waals surface area contributed by atoms with E-state index >= 15 is 0 Å². The molecule has 0 aliphatic rings. The molecule has 0 atom stereocenters. The minimum atomic E-state index is 0.556. The number of nitrogens with zero attached hydrogens (tertiary/aromatic N) is 1. The van der Waals surface area contributed by atoms with Crippen molar-refractivity contribution in [1.82, 2.24) is 4.98 Å². The SMILES string of the molecule is CNc1cc(COc2cc(C)cc(C)c2)ccn1. The number of ether oxygens (including phenoxy) is 1. The Morgan fingerprint density at radius 2 is 1.83 bits per heavy atom. The highest BCUT2D eigenvalue weighted by Crippen LogP contribution is 2.18. The van der Waals surface area contributed by atoms with Crippen molar-refractivity contribution >= 4 is 5.82 Å². The molecule has 0 aliphatic heterocycles. The predicted octanol–water partition coefficient (Wildman–Crippen LogP) is 3.32. The van der Waals surface area contributed by atoms with Crippen molar-refractivity contribution in [2.24, 2.45) is 0 Å². The molecule has 1 N–H and O–H groups in total. The highest BCUT2D eigenvalue weighted by atomic mass is 16.5. The van der Waals surface area contributed by atoms with Gasteiger partial charge in [-0.15, -0.1) is 0 Å². The summed E-state index contributed by atoms with van der Waals surface area (Å²) in [4.78, 5) is 4.17. The number of anilines is 1. The van der Waals surface area contributed by atoms with Gasteiger partial charge in [-0.2, -0.15) is 0 Å². The van der Waals surface area contributed by atoms with E-state index in [4.69, 9.17) is 4.74 Å². The van der Waals surface area contributed by atoms with Crippen molar-refractivity contribution in [1.29, 1.82) is 0 Å². The van der Waals surface area contributed by atoms with Gasteiger partial charge in [0.05, 0.1) is 0 Å². The Kier molecular flexibility index (Phi) is 3.82. The van der Waals surface area contributed by atoms with Gasteiger partial charge in [0.15, 0.2) is 0 Å². The zero-order valence-electron chi connectivity index (χ0n) is 11.0. The zero-order chi connectivity index (χ0) is 13.0. The first-order valence-corrected chi connectivity index (χ1v) is 6.01. The fourth-order valence-electron chi connectivity index (χ4n) is 1.88. The van der Waals surface area contributed by atoms with Crippen molar-refractivity contribution in [2.75, 3.05) is 12.4 Å². The number of hydrogen-bond acceptors (Lipinski definition) is 3. The minimum absolute atomic E-state index is 0.556. The molecular formula is C15H18N2O. The van der Waals surface area contributed by atoms with Crippen LogP contribution in [0.15, 0.2) is 36.5 Å². The number of pyridine rings is 1. The molecular weight excluding hydrogens is 224 g/mol. The molecule has 0 aliphatic carbocycles. The number of benzene rings is 1. The summed E-state index contributed by atoms with van der Waals surface area (Å²) in [6.07, 6.45) is 1.78. The smallest absolute Gasteiger partial charge is 0.126 e. The summed E-state index contributed by atoms with van der Waals surface area (Å²) >= 11 is 0. The van der Waals surface area contributed by atoms with Crippen molar-refractivity contribution in [3.63, 3.8) is 0 Å². The largest absolute Gasteiger partial charge is 0.489 e. The molecule has 0 bridgehead atoms. The van der Waals surface area contributed by atoms with Gasteiger partial charge in [0, 0.05) is 13.2 Å². The Balaban J connectivity index is 2.06. The molecule has 0 fully saturated rings. The molecule has 18 heavy (non-hydrogen) atoms. The normalized spacial score (nSPS) is 10.2. The lowest BCUT2D eigenvalue weighted by molar-refractivity contribution is 0.306. The monoisotopic (exact) mass is 242 g/mol. The average molecular weight is 242 g/mol. The highest BCUT2D eigenvalue weighted by Gasteiger charge is 1.99. The topological polar surface area (TPSA) is 34.1 Å². The number of nitrogens with one attached hydrogen (secondary N) is 1. The van der Waals surface area contributed by atoms with E-state index in [0.29, 0.717) is 6.61 Å². The lowest BCUT2D eigenvalue weighted by Crippen LogP contribution is -1.98. The summed E-state index contributed by atoms with van der Waals surface area (Å²) in [6, 6.07) is 10.2. The summed E-state index contributed by atoms with van der Waals surface area (Å²) in [5, 5.41) is 3.02. The van der Waals surface area contributed by atoms with E-state index in [1.807, 2.05) is 31.3 Å². The molecule has 0 unspecified atom stereocenters.